The molecule has 0 aliphatic carbocycles. The Labute approximate surface area is 211 Å². The summed E-state index contributed by atoms with van der Waals surface area (Å²) >= 11 is 0. The van der Waals surface area contributed by atoms with Gasteiger partial charge in [-0.25, -0.2) is 4.79 Å². The number of aliphatic hydroxyl groups is 2. The average molecular weight is 522 g/mol. The number of carbonyl (C=O) groups is 5. The number of carboxylic acid groups (broad SMARTS) is 2. The SMILES string of the molecule is CC(O)C(NC(=O)C(NC(=O)C(Cc1c[nH]c2ccccc12)NC(=O)C(N)CC(=O)O)C(C)O)C(=O)O. The van der Waals surface area contributed by atoms with E-state index in [-0.39, 0.29) is 6.42 Å². The molecule has 0 saturated heterocycles. The number of fused-ring (bicyclic) bond motifs is 1. The molecule has 14 heteroatoms. The lowest BCUT2D eigenvalue weighted by Crippen LogP contribution is -2.61. The lowest BCUT2D eigenvalue weighted by atomic mass is 10.0. The normalized spacial score (nSPS) is 16.0. The number of carbonyl (C=O) groups excluding carboxylic acids is 3. The predicted molar refractivity (Wildman–Crippen MR) is 129 cm³/mol. The fourth-order valence-corrected chi connectivity index (χ4v) is 3.58. The molecule has 0 saturated carbocycles. The molecular weight excluding hydrogens is 490 g/mol. The number of nitrogens with one attached hydrogen (secondary N) is 4. The Balaban J connectivity index is 2.30. The number of nitrogens with two attached hydrogens (primary N) is 1. The third-order valence-corrected chi connectivity index (χ3v) is 5.57. The fraction of sp³-hybridized carbons (Fsp3) is 0.435. The van der Waals surface area contributed by atoms with Crippen LogP contribution >= 0.6 is 0 Å². The third-order valence-electron chi connectivity index (χ3n) is 5.57. The Kier molecular flexibility index (Phi) is 10.1. The molecule has 37 heavy (non-hydrogen) atoms. The Morgan fingerprint density at radius 1 is 0.892 bits per heavy atom. The maximum Gasteiger partial charge on any atom is 0.328 e. The first kappa shape index (κ1) is 29.2. The standard InChI is InChI=1S/C23H31N5O9/c1-10(29)18(22(35)28-19(11(2)30)23(36)37)27-21(34)16(26-20(33)14(24)8-17(31)32)7-12-9-25-15-6-4-3-5-13(12)15/h3-6,9-11,14,16,18-19,25,29-30H,7-8,24H2,1-2H3,(H,26,33)(H,27,34)(H,28,35)(H,31,32)(H,36,37). The van der Waals surface area contributed by atoms with Crippen LogP contribution in [-0.4, -0.2) is 91.4 Å². The summed E-state index contributed by atoms with van der Waals surface area (Å²) in [5.74, 6) is -5.80. The van der Waals surface area contributed by atoms with Gasteiger partial charge in [0.1, 0.15) is 12.1 Å². The Hall–Kier alpha value is -4.01. The summed E-state index contributed by atoms with van der Waals surface area (Å²) in [6, 6.07) is 0.964. The number of hydrogen-bond donors (Lipinski definition) is 9. The van der Waals surface area contributed by atoms with Crippen LogP contribution in [0.1, 0.15) is 25.8 Å². The number of carboxylic acids is 2. The zero-order valence-electron chi connectivity index (χ0n) is 20.2. The van der Waals surface area contributed by atoms with Gasteiger partial charge in [-0.3, -0.25) is 19.2 Å². The van der Waals surface area contributed by atoms with Crippen molar-refractivity contribution < 1.29 is 44.4 Å². The van der Waals surface area contributed by atoms with E-state index in [0.717, 1.165) is 17.8 Å². The zero-order valence-corrected chi connectivity index (χ0v) is 20.2. The van der Waals surface area contributed by atoms with Crippen LogP contribution in [0.4, 0.5) is 0 Å². The molecule has 0 bridgehead atoms. The number of para-hydroxylation sites is 1. The number of aliphatic carboxylic acids is 2. The van der Waals surface area contributed by atoms with E-state index in [2.05, 4.69) is 20.9 Å². The summed E-state index contributed by atoms with van der Waals surface area (Å²) in [6.07, 6.45) is -2.14. The van der Waals surface area contributed by atoms with Gasteiger partial charge in [-0.1, -0.05) is 18.2 Å². The van der Waals surface area contributed by atoms with Crippen LogP contribution in [0.5, 0.6) is 0 Å². The van der Waals surface area contributed by atoms with Crippen molar-refractivity contribution in [3.8, 4) is 0 Å². The number of aromatic nitrogens is 1. The second kappa shape index (κ2) is 12.8. The van der Waals surface area contributed by atoms with E-state index in [1.165, 1.54) is 6.92 Å². The molecule has 1 aromatic heterocycles. The highest BCUT2D eigenvalue weighted by Gasteiger charge is 2.34. The van der Waals surface area contributed by atoms with Gasteiger partial charge in [-0.05, 0) is 25.5 Å². The second-order valence-corrected chi connectivity index (χ2v) is 8.62. The Morgan fingerprint density at radius 2 is 1.49 bits per heavy atom. The van der Waals surface area contributed by atoms with E-state index in [0.29, 0.717) is 5.56 Å². The molecule has 0 radical (unpaired) electrons. The van der Waals surface area contributed by atoms with Crippen molar-refractivity contribution >= 4 is 40.6 Å². The maximum atomic E-state index is 13.2. The van der Waals surface area contributed by atoms with Crippen LogP contribution in [0.15, 0.2) is 30.5 Å². The summed E-state index contributed by atoms with van der Waals surface area (Å²) < 4.78 is 0. The number of aromatic amines is 1. The second-order valence-electron chi connectivity index (χ2n) is 8.62. The van der Waals surface area contributed by atoms with Gasteiger partial charge in [0.2, 0.25) is 17.7 Å². The number of benzene rings is 1. The van der Waals surface area contributed by atoms with Crippen molar-refractivity contribution in [2.75, 3.05) is 0 Å². The van der Waals surface area contributed by atoms with Crippen molar-refractivity contribution in [1.29, 1.82) is 0 Å². The molecule has 2 aromatic rings. The van der Waals surface area contributed by atoms with Gasteiger partial charge in [0.15, 0.2) is 6.04 Å². The summed E-state index contributed by atoms with van der Waals surface area (Å²) in [5, 5.41) is 45.3. The molecular formula is C23H31N5O9. The number of hydrogen-bond acceptors (Lipinski definition) is 8. The molecule has 6 atom stereocenters. The highest BCUT2D eigenvalue weighted by Crippen LogP contribution is 2.19. The molecule has 3 amide bonds. The minimum absolute atomic E-state index is 0.0963. The first-order chi connectivity index (χ1) is 17.3. The number of amides is 3. The van der Waals surface area contributed by atoms with E-state index in [4.69, 9.17) is 10.8 Å². The lowest BCUT2D eigenvalue weighted by molar-refractivity contribution is -0.146. The van der Waals surface area contributed by atoms with E-state index in [1.807, 2.05) is 0 Å². The molecule has 6 unspecified atom stereocenters. The highest BCUT2D eigenvalue weighted by atomic mass is 16.4. The van der Waals surface area contributed by atoms with Crippen LogP contribution < -0.4 is 21.7 Å². The number of rotatable bonds is 13. The summed E-state index contributed by atoms with van der Waals surface area (Å²) in [5.41, 5.74) is 6.99. The van der Waals surface area contributed by atoms with Crippen molar-refractivity contribution in [1.82, 2.24) is 20.9 Å². The van der Waals surface area contributed by atoms with Crippen LogP contribution in [-0.2, 0) is 30.4 Å². The van der Waals surface area contributed by atoms with Crippen molar-refractivity contribution in [3.05, 3.63) is 36.0 Å². The van der Waals surface area contributed by atoms with E-state index < -0.39 is 72.5 Å². The van der Waals surface area contributed by atoms with Gasteiger partial charge in [0.05, 0.1) is 24.7 Å². The van der Waals surface area contributed by atoms with Crippen molar-refractivity contribution in [2.24, 2.45) is 5.73 Å². The molecule has 0 aliphatic heterocycles. The maximum absolute atomic E-state index is 13.2. The van der Waals surface area contributed by atoms with Crippen LogP contribution in [0, 0.1) is 0 Å². The molecule has 0 spiro atoms. The minimum Gasteiger partial charge on any atom is -0.481 e. The monoisotopic (exact) mass is 521 g/mol. The van der Waals surface area contributed by atoms with Gasteiger partial charge >= 0.3 is 11.9 Å². The van der Waals surface area contributed by atoms with Crippen LogP contribution in [0.2, 0.25) is 0 Å². The Morgan fingerprint density at radius 3 is 2.05 bits per heavy atom. The summed E-state index contributed by atoms with van der Waals surface area (Å²) in [6.45, 7) is 2.32. The number of H-pyrrole nitrogens is 1. The van der Waals surface area contributed by atoms with Gasteiger partial charge in [0, 0.05) is 23.5 Å². The van der Waals surface area contributed by atoms with Gasteiger partial charge in [-0.2, -0.15) is 0 Å². The first-order valence-corrected chi connectivity index (χ1v) is 11.3. The smallest absolute Gasteiger partial charge is 0.328 e. The van der Waals surface area contributed by atoms with Gasteiger partial charge in [0.25, 0.3) is 0 Å². The molecule has 14 nitrogen and oxygen atoms in total. The third kappa shape index (κ3) is 7.99. The quantitative estimate of drug-likeness (QED) is 0.138. The van der Waals surface area contributed by atoms with Crippen molar-refractivity contribution in [2.45, 2.75) is 63.1 Å². The topological polar surface area (TPSA) is 244 Å². The predicted octanol–water partition coefficient (Wildman–Crippen LogP) is -2.19. The molecule has 0 fully saturated rings. The van der Waals surface area contributed by atoms with E-state index >= 15 is 0 Å². The largest absolute Gasteiger partial charge is 0.481 e. The zero-order chi connectivity index (χ0) is 27.9. The molecule has 0 aliphatic rings. The van der Waals surface area contributed by atoms with Crippen molar-refractivity contribution in [3.63, 3.8) is 0 Å². The van der Waals surface area contributed by atoms with Gasteiger partial charge in [-0.15, -0.1) is 0 Å². The molecule has 1 heterocycles. The molecule has 1 aromatic carbocycles. The lowest BCUT2D eigenvalue weighted by Gasteiger charge is -2.27. The molecule has 10 N–H and O–H groups in total. The van der Waals surface area contributed by atoms with Crippen LogP contribution in [0.3, 0.4) is 0 Å². The first-order valence-electron chi connectivity index (χ1n) is 11.3. The minimum atomic E-state index is -1.71. The van der Waals surface area contributed by atoms with E-state index in [1.54, 1.807) is 30.5 Å². The molecule has 202 valence electrons. The highest BCUT2D eigenvalue weighted by molar-refractivity contribution is 5.95. The molecule has 2 rings (SSSR count). The summed E-state index contributed by atoms with van der Waals surface area (Å²) in [4.78, 5) is 63.7. The van der Waals surface area contributed by atoms with E-state index in [9.17, 15) is 39.3 Å². The van der Waals surface area contributed by atoms with Crippen LogP contribution in [0.25, 0.3) is 10.9 Å². The fourth-order valence-electron chi connectivity index (χ4n) is 3.58. The average Bonchev–Trinajstić information content (AvgIpc) is 3.21. The van der Waals surface area contributed by atoms with Gasteiger partial charge < -0.3 is 47.1 Å². The Bertz CT molecular complexity index is 1150. The number of aliphatic hydroxyl groups excluding tert-OH is 2. The summed E-state index contributed by atoms with van der Waals surface area (Å²) in [7, 11) is 0.